The lowest BCUT2D eigenvalue weighted by atomic mass is 10.1. The summed E-state index contributed by atoms with van der Waals surface area (Å²) in [6.07, 6.45) is -2.74. The van der Waals surface area contributed by atoms with Crippen LogP contribution >= 0.6 is 0 Å². The van der Waals surface area contributed by atoms with Crippen LogP contribution in [0.25, 0.3) is 0 Å². The molecule has 0 heterocycles. The summed E-state index contributed by atoms with van der Waals surface area (Å²) in [5.74, 6) is -13.2. The maximum atomic E-state index is 13.5. The molecule has 0 fully saturated rings. The largest absolute Gasteiger partial charge is 0.481 e. The fourth-order valence-electron chi connectivity index (χ4n) is 5.07. The van der Waals surface area contributed by atoms with Gasteiger partial charge in [0.25, 0.3) is 0 Å². The summed E-state index contributed by atoms with van der Waals surface area (Å²) in [4.78, 5) is 114. The predicted molar refractivity (Wildman–Crippen MR) is 213 cm³/mol. The normalized spacial score (nSPS) is 14.0. The van der Waals surface area contributed by atoms with Gasteiger partial charge in [-0.3, -0.25) is 54.6 Å². The van der Waals surface area contributed by atoms with E-state index in [0.717, 1.165) is 0 Å². The molecule has 0 unspecified atom stereocenters. The molecule has 350 valence electrons. The number of carboxylic acid groups (broad SMARTS) is 3. The summed E-state index contributed by atoms with van der Waals surface area (Å²) in [6.45, 7) is -1.95. The van der Waals surface area contributed by atoms with Gasteiger partial charge in [0.05, 0.1) is 26.1 Å². The maximum Gasteiger partial charge on any atom is 0.326 e. The van der Waals surface area contributed by atoms with Gasteiger partial charge in [-0.15, -0.1) is 0 Å². The first-order valence-electron chi connectivity index (χ1n) is 18.7. The fourth-order valence-corrected chi connectivity index (χ4v) is 5.07. The molecule has 25 N–H and O–H groups in total. The van der Waals surface area contributed by atoms with Crippen LogP contribution in [0.4, 0.5) is 0 Å². The number of carboxylic acids is 3. The van der Waals surface area contributed by atoms with Crippen molar-refractivity contribution in [2.24, 2.45) is 22.9 Å². The van der Waals surface area contributed by atoms with Gasteiger partial charge in [-0.25, -0.2) is 4.79 Å². The molecular weight excluding hydrogens is 832 g/mol. The number of hydrogen-bond donors (Lipinski definition) is 21. The number of guanidine groups is 3. The Hall–Kier alpha value is -7.08. The third kappa shape index (κ3) is 23.5. The zero-order valence-corrected chi connectivity index (χ0v) is 33.5. The van der Waals surface area contributed by atoms with E-state index in [0.29, 0.717) is 0 Å². The first-order chi connectivity index (χ1) is 29.0. The molecular formula is C32H58N16O14. The molecule has 0 bridgehead atoms. The smallest absolute Gasteiger partial charge is 0.326 e. The third-order valence-electron chi connectivity index (χ3n) is 8.21. The fraction of sp³-hybridized carbons (Fsp3) is 0.625. The number of aliphatic hydroxyl groups is 2. The summed E-state index contributed by atoms with van der Waals surface area (Å²) in [5.41, 5.74) is 21.2. The van der Waals surface area contributed by atoms with Gasteiger partial charge >= 0.3 is 17.9 Å². The van der Waals surface area contributed by atoms with Gasteiger partial charge in [0.2, 0.25) is 35.4 Å². The van der Waals surface area contributed by atoms with E-state index >= 15 is 0 Å². The van der Waals surface area contributed by atoms with Gasteiger partial charge < -0.3 is 96.3 Å². The first kappa shape index (κ1) is 54.9. The minimum Gasteiger partial charge on any atom is -0.481 e. The van der Waals surface area contributed by atoms with Gasteiger partial charge in [-0.2, -0.15) is 0 Å². The van der Waals surface area contributed by atoms with Crippen molar-refractivity contribution in [3.05, 3.63) is 0 Å². The Morgan fingerprint density at radius 2 is 0.726 bits per heavy atom. The summed E-state index contributed by atoms with van der Waals surface area (Å²) in [5, 5.41) is 89.8. The van der Waals surface area contributed by atoms with E-state index in [1.807, 2.05) is 5.32 Å². The Labute approximate surface area is 353 Å². The van der Waals surface area contributed by atoms with Gasteiger partial charge in [0.1, 0.15) is 42.3 Å². The standard InChI is InChI=1S/C32H58N16O14/c33-14(12-49)23(55)43-15(4-1-7-40-30(34)35)24(56)47-19(11-22(53)54)27(59)48-20(13-50)28(60)44-16(5-2-8-41-31(36)37)25(57)46-18(10-21(51)52)26(58)45-17(29(61)62)6-3-9-42-32(38)39/h14-20,49-50H,1-13,33H2,(H,43,55)(H,44,60)(H,45,58)(H,46,57)(H,47,56)(H,48,59)(H,51,52)(H,53,54)(H,61,62)(H4,34,35,40)(H4,36,37,41)(H4,38,39,42)/t14-,15-,16-,17-,18-,19-,20-/m0/s1. The minimum absolute atomic E-state index is 0.0300. The molecule has 7 atom stereocenters. The highest BCUT2D eigenvalue weighted by Crippen LogP contribution is 2.06. The molecule has 62 heavy (non-hydrogen) atoms. The number of carbonyl (C=O) groups is 9. The van der Waals surface area contributed by atoms with Gasteiger partial charge in [-0.05, 0) is 38.5 Å². The van der Waals surface area contributed by atoms with Crippen molar-refractivity contribution in [3.63, 3.8) is 0 Å². The number of hydrogen-bond acceptors (Lipinski definition) is 15. The second kappa shape index (κ2) is 29.2. The zero-order valence-electron chi connectivity index (χ0n) is 33.5. The molecule has 0 radical (unpaired) electrons. The maximum absolute atomic E-state index is 13.5. The number of aliphatic carboxylic acids is 3. The molecule has 0 saturated carbocycles. The molecule has 0 spiro atoms. The molecule has 6 amide bonds. The van der Waals surface area contributed by atoms with E-state index in [4.69, 9.17) is 39.2 Å². The summed E-state index contributed by atoms with van der Waals surface area (Å²) in [6, 6.07) is -12.0. The highest BCUT2D eigenvalue weighted by Gasteiger charge is 2.34. The van der Waals surface area contributed by atoms with Gasteiger partial charge in [-0.1, -0.05) is 0 Å². The van der Waals surface area contributed by atoms with Crippen LogP contribution in [-0.4, -0.2) is 172 Å². The number of rotatable bonds is 31. The van der Waals surface area contributed by atoms with Crippen molar-refractivity contribution in [2.45, 2.75) is 93.7 Å². The van der Waals surface area contributed by atoms with E-state index in [1.54, 1.807) is 0 Å². The second-order valence-corrected chi connectivity index (χ2v) is 13.3. The van der Waals surface area contributed by atoms with Crippen LogP contribution in [0.15, 0.2) is 0 Å². The lowest BCUT2D eigenvalue weighted by Gasteiger charge is -2.26. The Morgan fingerprint density at radius 1 is 0.435 bits per heavy atom. The number of nitrogens with two attached hydrogens (primary N) is 4. The number of amides is 6. The second-order valence-electron chi connectivity index (χ2n) is 13.3. The Balaban J connectivity index is 6.31. The van der Waals surface area contributed by atoms with Crippen molar-refractivity contribution in [3.8, 4) is 0 Å². The quantitative estimate of drug-likeness (QED) is 0.0175. The van der Waals surface area contributed by atoms with Crippen LogP contribution in [0.2, 0.25) is 0 Å². The molecule has 0 aliphatic rings. The Bertz CT molecular complexity index is 1620. The van der Waals surface area contributed by atoms with Crippen molar-refractivity contribution in [1.29, 1.82) is 16.2 Å². The lowest BCUT2D eigenvalue weighted by molar-refractivity contribution is -0.144. The van der Waals surface area contributed by atoms with Crippen molar-refractivity contribution < 1.29 is 68.7 Å². The lowest BCUT2D eigenvalue weighted by Crippen LogP contribution is -2.61. The molecule has 30 heteroatoms. The molecule has 0 aromatic rings. The first-order valence-corrected chi connectivity index (χ1v) is 18.7. The topological polar surface area (TPSA) is 539 Å². The van der Waals surface area contributed by atoms with Crippen LogP contribution in [-0.2, 0) is 43.2 Å². The van der Waals surface area contributed by atoms with E-state index in [1.165, 1.54) is 0 Å². The highest BCUT2D eigenvalue weighted by molar-refractivity contribution is 5.98. The number of carbonyl (C=O) groups excluding carboxylic acids is 6. The van der Waals surface area contributed by atoms with Crippen molar-refractivity contribution in [2.75, 3.05) is 32.8 Å². The number of aliphatic hydroxyl groups excluding tert-OH is 2. The molecule has 0 rings (SSSR count). The van der Waals surface area contributed by atoms with Crippen molar-refractivity contribution >= 4 is 71.2 Å². The average molecular weight is 891 g/mol. The molecule has 0 aliphatic heterocycles. The van der Waals surface area contributed by atoms with E-state index in [9.17, 15) is 68.7 Å². The molecule has 0 aliphatic carbocycles. The van der Waals surface area contributed by atoms with Crippen LogP contribution < -0.4 is 70.8 Å². The summed E-state index contributed by atoms with van der Waals surface area (Å²) in [7, 11) is 0. The number of nitrogens with one attached hydrogen (secondary N) is 12. The van der Waals surface area contributed by atoms with Crippen LogP contribution in [0.5, 0.6) is 0 Å². The van der Waals surface area contributed by atoms with Crippen LogP contribution in [0, 0.1) is 16.2 Å². The zero-order chi connectivity index (χ0) is 47.5. The van der Waals surface area contributed by atoms with E-state index in [-0.39, 0.29) is 58.2 Å². The summed E-state index contributed by atoms with van der Waals surface area (Å²) < 4.78 is 0. The minimum atomic E-state index is -1.96. The Kier molecular flexibility index (Phi) is 25.9. The molecule has 30 nitrogen and oxygen atoms in total. The SMILES string of the molecule is N=C(N)NCCC[C@H](NC(=O)[C@H](CC(=O)O)NC(=O)[C@H](CCCNC(=N)N)NC(=O)[C@H](CO)NC(=O)[C@H](CC(=O)O)NC(=O)[C@H](CCCNC(=N)N)NC(=O)[C@@H](N)CO)C(=O)O. The van der Waals surface area contributed by atoms with Crippen LogP contribution in [0.1, 0.15) is 51.4 Å². The molecule has 0 aromatic carbocycles. The monoisotopic (exact) mass is 890 g/mol. The van der Waals surface area contributed by atoms with Crippen molar-refractivity contribution in [1.82, 2.24) is 47.9 Å². The van der Waals surface area contributed by atoms with Gasteiger partial charge in [0, 0.05) is 19.6 Å². The van der Waals surface area contributed by atoms with Gasteiger partial charge in [0.15, 0.2) is 17.9 Å². The highest BCUT2D eigenvalue weighted by atomic mass is 16.4. The van der Waals surface area contributed by atoms with E-state index < -0.39 is 140 Å². The molecule has 0 saturated heterocycles. The average Bonchev–Trinajstić information content (AvgIpc) is 3.18. The van der Waals surface area contributed by atoms with Crippen LogP contribution in [0.3, 0.4) is 0 Å². The Morgan fingerprint density at radius 3 is 1.05 bits per heavy atom. The predicted octanol–water partition coefficient (Wildman–Crippen LogP) is -8.97. The molecule has 0 aromatic heterocycles. The van der Waals surface area contributed by atoms with E-state index in [2.05, 4.69) is 42.5 Å². The summed E-state index contributed by atoms with van der Waals surface area (Å²) >= 11 is 0. The third-order valence-corrected chi connectivity index (χ3v) is 8.21.